The van der Waals surface area contributed by atoms with Crippen LogP contribution in [-0.2, 0) is 32.0 Å². The van der Waals surface area contributed by atoms with E-state index < -0.39 is 55.7 Å². The molecule has 5 atom stereocenters. The number of pyridine rings is 2. The maximum atomic E-state index is 12.3. The number of fused-ring (bicyclic) bond motifs is 2. The summed E-state index contributed by atoms with van der Waals surface area (Å²) in [6.07, 6.45) is -4.08. The van der Waals surface area contributed by atoms with E-state index in [2.05, 4.69) is 62.4 Å². The van der Waals surface area contributed by atoms with Crippen LogP contribution in [0.15, 0.2) is 85.2 Å². The Morgan fingerprint density at radius 3 is 1.09 bits per heavy atom. The Kier molecular flexibility index (Phi) is 20.1. The van der Waals surface area contributed by atoms with E-state index in [4.69, 9.17) is 55.9 Å². The average Bonchev–Trinajstić information content (AvgIpc) is 3.82. The third kappa shape index (κ3) is 14.7. The van der Waals surface area contributed by atoms with E-state index in [1.807, 2.05) is 59.3 Å². The zero-order valence-corrected chi connectivity index (χ0v) is 38.1. The molecule has 2 amide bonds. The first-order valence-electron chi connectivity index (χ1n) is 20.6. The maximum Gasteiger partial charge on any atom is 0.335 e. The molecule has 3 unspecified atom stereocenters. The van der Waals surface area contributed by atoms with Crippen molar-refractivity contribution in [2.75, 3.05) is 41.4 Å². The summed E-state index contributed by atoms with van der Waals surface area (Å²) in [7, 11) is 7.12. The fourth-order valence-electron chi connectivity index (χ4n) is 5.97. The summed E-state index contributed by atoms with van der Waals surface area (Å²) < 4.78 is 4.07. The Morgan fingerprint density at radius 1 is 0.515 bits per heavy atom. The predicted octanol–water partition coefficient (Wildman–Crippen LogP) is 1.43. The molecular formula is C47H60N6O13. The van der Waals surface area contributed by atoms with E-state index in [9.17, 15) is 19.2 Å². The number of hydrogen-bond donors (Lipinski definition) is 9. The molecule has 6 aromatic rings. The van der Waals surface area contributed by atoms with Crippen LogP contribution < -0.4 is 0 Å². The van der Waals surface area contributed by atoms with Crippen molar-refractivity contribution in [3.8, 4) is 22.5 Å². The molecule has 19 nitrogen and oxygen atoms in total. The normalized spacial score (nSPS) is 13.1. The molecular weight excluding hydrogens is 857 g/mol. The summed E-state index contributed by atoms with van der Waals surface area (Å²) in [5, 5.41) is 75.1. The second kappa shape index (κ2) is 24.6. The average molecular weight is 917 g/mol. The van der Waals surface area contributed by atoms with Crippen molar-refractivity contribution < 1.29 is 65.1 Å². The molecule has 0 spiro atoms. The number of nitrogens with zero attached hydrogens (tertiary/aromatic N) is 6. The van der Waals surface area contributed by atoms with Gasteiger partial charge in [-0.05, 0) is 51.0 Å². The van der Waals surface area contributed by atoms with Gasteiger partial charge in [-0.15, -0.1) is 0 Å². The standard InChI is InChI=1S/2C19H21N3O.C5H12O5.C4H6O6/c2*1-13-5-8-15(9-6-13)19-16(11-18(23)21(3)4)22-12-14(2)7-10-17(22)20-19;6-1-3(8)5(10)4(9)2-7;5-1(3(7)8)2(6)4(9)10/h2*5-10,12H,11H2,1-4H3;3-10H,1-2H2;1-2,5-6H,(H,7,8)(H,9,10)/t;;3-,4+,5?;. The highest BCUT2D eigenvalue weighted by atomic mass is 16.4. The molecule has 0 aliphatic carbocycles. The fraction of sp³-hybridized carbons (Fsp3) is 0.362. The molecule has 9 N–H and O–H groups in total. The molecule has 0 saturated carbocycles. The van der Waals surface area contributed by atoms with Crippen LogP contribution in [0.4, 0.5) is 0 Å². The van der Waals surface area contributed by atoms with E-state index >= 15 is 0 Å². The molecule has 0 fully saturated rings. The van der Waals surface area contributed by atoms with Crippen LogP contribution >= 0.6 is 0 Å². The first kappa shape index (κ1) is 53.8. The number of rotatable bonds is 13. The molecule has 66 heavy (non-hydrogen) atoms. The molecule has 6 rings (SSSR count). The summed E-state index contributed by atoms with van der Waals surface area (Å²) in [6.45, 7) is 6.93. The summed E-state index contributed by atoms with van der Waals surface area (Å²) in [6, 6.07) is 24.6. The van der Waals surface area contributed by atoms with E-state index in [0.29, 0.717) is 12.8 Å². The van der Waals surface area contributed by atoms with Gasteiger partial charge in [-0.2, -0.15) is 0 Å². The number of benzene rings is 2. The van der Waals surface area contributed by atoms with Gasteiger partial charge in [0.05, 0.1) is 48.8 Å². The summed E-state index contributed by atoms with van der Waals surface area (Å²) in [4.78, 5) is 56.8. The predicted molar refractivity (Wildman–Crippen MR) is 244 cm³/mol. The second-order valence-electron chi connectivity index (χ2n) is 15.9. The van der Waals surface area contributed by atoms with E-state index in [-0.39, 0.29) is 11.8 Å². The number of aliphatic carboxylic acids is 2. The number of amides is 2. The zero-order valence-electron chi connectivity index (χ0n) is 38.1. The highest BCUT2D eigenvalue weighted by Crippen LogP contribution is 2.27. The number of carbonyl (C=O) groups excluding carboxylic acids is 2. The van der Waals surface area contributed by atoms with E-state index in [1.165, 1.54) is 11.1 Å². The van der Waals surface area contributed by atoms with Crippen molar-refractivity contribution in [2.45, 2.75) is 71.1 Å². The minimum absolute atomic E-state index is 0.0710. The second-order valence-corrected chi connectivity index (χ2v) is 15.9. The van der Waals surface area contributed by atoms with Crippen LogP contribution in [0.3, 0.4) is 0 Å². The Hall–Kier alpha value is -6.58. The molecule has 0 saturated heterocycles. The highest BCUT2D eigenvalue weighted by Gasteiger charge is 2.29. The SMILES string of the molecule is Cc1ccc(-c2nc3ccc(C)cn3c2CC(=O)N(C)C)cc1.Cc1ccc(-c2nc3ccc(C)cn3c2CC(=O)N(C)C)cc1.O=C(O)C(O)C(O)C(=O)O.OC[C@@H](O)C(O)[C@@H](O)CO. The van der Waals surface area contributed by atoms with Gasteiger partial charge in [-0.1, -0.05) is 71.8 Å². The molecule has 0 bridgehead atoms. The molecule has 4 heterocycles. The van der Waals surface area contributed by atoms with E-state index in [1.54, 1.807) is 38.0 Å². The molecule has 0 aliphatic rings. The van der Waals surface area contributed by atoms with Crippen molar-refractivity contribution in [3.05, 3.63) is 119 Å². The largest absolute Gasteiger partial charge is 0.479 e. The maximum absolute atomic E-state index is 12.3. The van der Waals surface area contributed by atoms with Gasteiger partial charge < -0.3 is 64.6 Å². The van der Waals surface area contributed by atoms with Gasteiger partial charge in [0.1, 0.15) is 29.6 Å². The van der Waals surface area contributed by atoms with Crippen molar-refractivity contribution in [2.24, 2.45) is 0 Å². The minimum Gasteiger partial charge on any atom is -0.479 e. The van der Waals surface area contributed by atoms with Gasteiger partial charge in [-0.25, -0.2) is 19.6 Å². The number of aromatic nitrogens is 4. The van der Waals surface area contributed by atoms with Crippen LogP contribution in [0.5, 0.6) is 0 Å². The number of likely N-dealkylation sites (N-methyl/N-ethyl adjacent to an activating group) is 2. The number of hydrogen-bond acceptors (Lipinski definition) is 13. The number of carboxylic acids is 2. The molecule has 2 aromatic carbocycles. The third-order valence-electron chi connectivity index (χ3n) is 9.98. The quantitative estimate of drug-likeness (QED) is 0.0792. The lowest BCUT2D eigenvalue weighted by Crippen LogP contribution is -2.41. The van der Waals surface area contributed by atoms with Crippen LogP contribution in [0, 0.1) is 27.7 Å². The topological polar surface area (TPSA) is 291 Å². The Morgan fingerprint density at radius 2 is 0.818 bits per heavy atom. The zero-order chi connectivity index (χ0) is 49.6. The monoisotopic (exact) mass is 916 g/mol. The van der Waals surface area contributed by atoms with Gasteiger partial charge >= 0.3 is 11.9 Å². The third-order valence-corrected chi connectivity index (χ3v) is 9.98. The number of imidazole rings is 2. The lowest BCUT2D eigenvalue weighted by molar-refractivity contribution is -0.165. The fourth-order valence-corrected chi connectivity index (χ4v) is 5.97. The summed E-state index contributed by atoms with van der Waals surface area (Å²) in [5.74, 6) is -3.40. The smallest absolute Gasteiger partial charge is 0.335 e. The van der Waals surface area contributed by atoms with Gasteiger partial charge in [0.25, 0.3) is 0 Å². The van der Waals surface area contributed by atoms with Crippen molar-refractivity contribution >= 4 is 35.0 Å². The van der Waals surface area contributed by atoms with E-state index in [0.717, 1.165) is 56.3 Å². The first-order valence-corrected chi connectivity index (χ1v) is 20.6. The van der Waals surface area contributed by atoms with Crippen molar-refractivity contribution in [1.29, 1.82) is 0 Å². The highest BCUT2D eigenvalue weighted by molar-refractivity contribution is 5.83. The van der Waals surface area contributed by atoms with Crippen LogP contribution in [0.2, 0.25) is 0 Å². The molecule has 19 heteroatoms. The Bertz CT molecular complexity index is 2380. The van der Waals surface area contributed by atoms with Crippen molar-refractivity contribution in [3.63, 3.8) is 0 Å². The summed E-state index contributed by atoms with van der Waals surface area (Å²) in [5.41, 5.74) is 12.2. The molecule has 4 aromatic heterocycles. The number of carbonyl (C=O) groups is 4. The van der Waals surface area contributed by atoms with Crippen molar-refractivity contribution in [1.82, 2.24) is 28.6 Å². The lowest BCUT2D eigenvalue weighted by Gasteiger charge is -2.19. The number of carboxylic acid groups (broad SMARTS) is 2. The minimum atomic E-state index is -2.27. The summed E-state index contributed by atoms with van der Waals surface area (Å²) >= 11 is 0. The number of aryl methyl sites for hydroxylation is 4. The van der Waals surface area contributed by atoms with Gasteiger partial charge in [0, 0.05) is 51.7 Å². The Labute approximate surface area is 381 Å². The van der Waals surface area contributed by atoms with Gasteiger partial charge in [-0.3, -0.25) is 9.59 Å². The molecule has 0 radical (unpaired) electrons. The van der Waals surface area contributed by atoms with Crippen LogP contribution in [0.25, 0.3) is 33.8 Å². The molecule has 356 valence electrons. The van der Waals surface area contributed by atoms with Crippen LogP contribution in [0.1, 0.15) is 33.6 Å². The number of aliphatic hydroxyl groups excluding tert-OH is 7. The van der Waals surface area contributed by atoms with Gasteiger partial charge in [0.2, 0.25) is 11.8 Å². The van der Waals surface area contributed by atoms with Crippen LogP contribution in [-0.4, -0.2) is 170 Å². The lowest BCUT2D eigenvalue weighted by atomic mass is 10.1. The Balaban J connectivity index is 0.000000252. The van der Waals surface area contributed by atoms with Gasteiger partial charge in [0.15, 0.2) is 12.2 Å². The first-order chi connectivity index (χ1) is 31.0. The number of aliphatic hydroxyl groups is 7. The molecule has 0 aliphatic heterocycles.